The molecule has 12 heteroatoms. The van der Waals surface area contributed by atoms with Gasteiger partial charge in [0.15, 0.2) is 6.79 Å². The predicted octanol–water partition coefficient (Wildman–Crippen LogP) is 4.75. The van der Waals surface area contributed by atoms with Crippen LogP contribution in [0.2, 0.25) is 5.02 Å². The minimum Gasteiger partial charge on any atom is -0.491 e. The Labute approximate surface area is 200 Å². The van der Waals surface area contributed by atoms with Crippen LogP contribution in [0.15, 0.2) is 48.5 Å². The monoisotopic (exact) mass is 515 g/mol. The molecule has 2 aromatic carbocycles. The SMILES string of the molecule is COP(=O)(OC)OCOC(COc1ccc(CC2SC(=O)NC2=O)cc1)c1cccc(Cl)c1. The minimum atomic E-state index is -3.69. The van der Waals surface area contributed by atoms with Gasteiger partial charge in [0.1, 0.15) is 18.5 Å². The van der Waals surface area contributed by atoms with Crippen molar-refractivity contribution in [2.24, 2.45) is 0 Å². The Bertz CT molecular complexity index is 1010. The van der Waals surface area contributed by atoms with Crippen LogP contribution >= 0.6 is 31.2 Å². The number of thioether (sulfide) groups is 1. The maximum absolute atomic E-state index is 12.1. The van der Waals surface area contributed by atoms with E-state index in [1.54, 1.807) is 30.3 Å². The Hall–Kier alpha value is -1.91. The number of carbonyl (C=O) groups excluding carboxylic acids is 2. The molecule has 1 aliphatic rings. The molecule has 0 radical (unpaired) electrons. The number of halogens is 1. The van der Waals surface area contributed by atoms with Gasteiger partial charge in [-0.15, -0.1) is 0 Å². The van der Waals surface area contributed by atoms with E-state index in [0.717, 1.165) is 22.9 Å². The standard InChI is InChI=1S/C21H23ClNO8PS/c1-27-32(26,28-2)31-13-30-18(15-4-3-5-16(22)11-15)12-29-17-8-6-14(7-9-17)10-19-20(24)23-21(25)33-19/h3-9,11,18-19H,10,12-13H2,1-2H3,(H,23,24,25). The Balaban J connectivity index is 1.60. The Morgan fingerprint density at radius 3 is 2.45 bits per heavy atom. The molecule has 33 heavy (non-hydrogen) atoms. The number of imide groups is 1. The molecule has 0 aromatic heterocycles. The highest BCUT2D eigenvalue weighted by atomic mass is 35.5. The number of phosphoric acid groups is 1. The number of hydrogen-bond donors (Lipinski definition) is 1. The van der Waals surface area contributed by atoms with Crippen LogP contribution in [-0.4, -0.2) is 44.0 Å². The molecule has 1 N–H and O–H groups in total. The first-order valence-electron chi connectivity index (χ1n) is 9.78. The quantitative estimate of drug-likeness (QED) is 0.316. The summed E-state index contributed by atoms with van der Waals surface area (Å²) in [4.78, 5) is 23.0. The molecule has 2 amide bonds. The summed E-state index contributed by atoms with van der Waals surface area (Å²) in [6.07, 6.45) is -0.150. The molecule has 1 aliphatic heterocycles. The molecule has 2 unspecified atom stereocenters. The van der Waals surface area contributed by atoms with Crippen LogP contribution in [-0.2, 0) is 34.1 Å². The number of rotatable bonds is 12. The van der Waals surface area contributed by atoms with Gasteiger partial charge < -0.3 is 9.47 Å². The van der Waals surface area contributed by atoms with Crippen molar-refractivity contribution in [2.45, 2.75) is 17.8 Å². The summed E-state index contributed by atoms with van der Waals surface area (Å²) < 4.78 is 38.2. The second-order valence-electron chi connectivity index (χ2n) is 6.81. The van der Waals surface area contributed by atoms with Gasteiger partial charge in [-0.2, -0.15) is 0 Å². The van der Waals surface area contributed by atoms with Crippen LogP contribution in [0.4, 0.5) is 4.79 Å². The molecule has 0 saturated carbocycles. The molecule has 0 spiro atoms. The maximum atomic E-state index is 12.1. The van der Waals surface area contributed by atoms with Gasteiger partial charge >= 0.3 is 7.82 Å². The molecular weight excluding hydrogens is 493 g/mol. The van der Waals surface area contributed by atoms with Gasteiger partial charge in [-0.1, -0.05) is 47.6 Å². The van der Waals surface area contributed by atoms with Gasteiger partial charge in [0.25, 0.3) is 5.24 Å². The summed E-state index contributed by atoms with van der Waals surface area (Å²) in [6.45, 7) is -0.249. The average molecular weight is 516 g/mol. The molecular formula is C21H23ClNO8PS. The van der Waals surface area contributed by atoms with Crippen LogP contribution < -0.4 is 10.1 Å². The van der Waals surface area contributed by atoms with Crippen molar-refractivity contribution >= 4 is 42.3 Å². The minimum absolute atomic E-state index is 0.114. The van der Waals surface area contributed by atoms with Gasteiger partial charge in [-0.05, 0) is 41.8 Å². The fourth-order valence-corrected chi connectivity index (χ4v) is 4.55. The summed E-state index contributed by atoms with van der Waals surface area (Å²) in [5, 5.41) is 2.05. The van der Waals surface area contributed by atoms with Gasteiger partial charge in [0, 0.05) is 19.2 Å². The third kappa shape index (κ3) is 7.55. The molecule has 0 bridgehead atoms. The topological polar surface area (TPSA) is 109 Å². The molecule has 3 rings (SSSR count). The second-order valence-corrected chi connectivity index (χ2v) is 10.3. The van der Waals surface area contributed by atoms with Crippen LogP contribution in [0.5, 0.6) is 5.75 Å². The number of hydrogen-bond acceptors (Lipinski definition) is 9. The maximum Gasteiger partial charge on any atom is 0.476 e. The van der Waals surface area contributed by atoms with Crippen molar-refractivity contribution in [3.63, 3.8) is 0 Å². The summed E-state index contributed by atoms with van der Waals surface area (Å²) in [7, 11) is -1.27. The smallest absolute Gasteiger partial charge is 0.476 e. The van der Waals surface area contributed by atoms with E-state index in [4.69, 9.17) is 34.6 Å². The van der Waals surface area contributed by atoms with Crippen molar-refractivity contribution in [1.29, 1.82) is 0 Å². The van der Waals surface area contributed by atoms with E-state index in [1.165, 1.54) is 14.2 Å². The van der Waals surface area contributed by atoms with Crippen molar-refractivity contribution < 1.29 is 37.2 Å². The zero-order chi connectivity index (χ0) is 23.8. The summed E-state index contributed by atoms with van der Waals surface area (Å²) >= 11 is 7.09. The third-order valence-electron chi connectivity index (χ3n) is 4.66. The van der Waals surface area contributed by atoms with Crippen LogP contribution in [0.25, 0.3) is 0 Å². The number of benzene rings is 2. The first kappa shape index (κ1) is 25.7. The fraction of sp³-hybridized carbons (Fsp3) is 0.333. The first-order chi connectivity index (χ1) is 15.8. The number of carbonyl (C=O) groups is 2. The third-order valence-corrected chi connectivity index (χ3v) is 7.19. The zero-order valence-corrected chi connectivity index (χ0v) is 20.4. The highest BCUT2D eigenvalue weighted by molar-refractivity contribution is 8.15. The fourth-order valence-electron chi connectivity index (χ4n) is 2.94. The van der Waals surface area contributed by atoms with Crippen molar-refractivity contribution in [1.82, 2.24) is 5.32 Å². The van der Waals surface area contributed by atoms with E-state index in [2.05, 4.69) is 5.32 Å². The van der Waals surface area contributed by atoms with Gasteiger partial charge in [-0.25, -0.2) is 4.57 Å². The van der Waals surface area contributed by atoms with Gasteiger partial charge in [0.2, 0.25) is 5.91 Å². The number of nitrogens with one attached hydrogen (secondary N) is 1. The van der Waals surface area contributed by atoms with Crippen molar-refractivity contribution in [2.75, 3.05) is 27.6 Å². The number of phosphoric ester groups is 1. The molecule has 2 atom stereocenters. The number of amides is 2. The lowest BCUT2D eigenvalue weighted by Gasteiger charge is -2.21. The van der Waals surface area contributed by atoms with E-state index in [9.17, 15) is 14.2 Å². The van der Waals surface area contributed by atoms with Gasteiger partial charge in [-0.3, -0.25) is 28.5 Å². The van der Waals surface area contributed by atoms with Crippen molar-refractivity contribution in [3.05, 3.63) is 64.7 Å². The van der Waals surface area contributed by atoms with Gasteiger partial charge in [0.05, 0.1) is 5.25 Å². The Morgan fingerprint density at radius 2 is 1.85 bits per heavy atom. The molecule has 0 aliphatic carbocycles. The van der Waals surface area contributed by atoms with Crippen LogP contribution in [0.3, 0.4) is 0 Å². The largest absolute Gasteiger partial charge is 0.491 e. The molecule has 9 nitrogen and oxygen atoms in total. The van der Waals surface area contributed by atoms with E-state index in [1.807, 2.05) is 18.2 Å². The number of ether oxygens (including phenoxy) is 2. The predicted molar refractivity (Wildman–Crippen MR) is 123 cm³/mol. The van der Waals surface area contributed by atoms with E-state index >= 15 is 0 Å². The first-order valence-corrected chi connectivity index (χ1v) is 12.5. The summed E-state index contributed by atoms with van der Waals surface area (Å²) in [5.74, 6) is 0.301. The van der Waals surface area contributed by atoms with E-state index in [0.29, 0.717) is 17.2 Å². The average Bonchev–Trinajstić information content (AvgIpc) is 3.13. The highest BCUT2D eigenvalue weighted by Gasteiger charge is 2.31. The zero-order valence-electron chi connectivity index (χ0n) is 17.9. The highest BCUT2D eigenvalue weighted by Crippen LogP contribution is 2.47. The Kier molecular flexibility index (Phi) is 9.34. The van der Waals surface area contributed by atoms with E-state index < -0.39 is 19.2 Å². The Morgan fingerprint density at radius 1 is 1.12 bits per heavy atom. The molecule has 1 heterocycles. The normalized spacial score (nSPS) is 17.1. The second kappa shape index (κ2) is 12.0. The lowest BCUT2D eigenvalue weighted by Crippen LogP contribution is -2.25. The van der Waals surface area contributed by atoms with Crippen LogP contribution in [0.1, 0.15) is 17.2 Å². The molecule has 1 saturated heterocycles. The lowest BCUT2D eigenvalue weighted by atomic mass is 10.1. The summed E-state index contributed by atoms with van der Waals surface area (Å²) in [5.41, 5.74) is 1.64. The molecule has 2 aromatic rings. The lowest BCUT2D eigenvalue weighted by molar-refractivity contribution is -0.118. The van der Waals surface area contributed by atoms with E-state index in [-0.39, 0.29) is 24.5 Å². The molecule has 1 fully saturated rings. The molecule has 178 valence electrons. The van der Waals surface area contributed by atoms with Crippen molar-refractivity contribution in [3.8, 4) is 5.75 Å². The summed E-state index contributed by atoms with van der Waals surface area (Å²) in [6, 6.07) is 14.3. The van der Waals surface area contributed by atoms with Crippen LogP contribution in [0, 0.1) is 0 Å².